The van der Waals surface area contributed by atoms with Gasteiger partial charge in [-0.25, -0.2) is 28.4 Å². The average molecular weight is 653 g/mol. The van der Waals surface area contributed by atoms with Gasteiger partial charge in [-0.3, -0.25) is 0 Å². The van der Waals surface area contributed by atoms with Crippen LogP contribution < -0.4 is 9.47 Å². The Morgan fingerprint density at radius 2 is 1.49 bits per heavy atom. The van der Waals surface area contributed by atoms with Crippen molar-refractivity contribution in [1.82, 2.24) is 39.2 Å². The Morgan fingerprint density at radius 1 is 0.860 bits per heavy atom. The number of carbonyl (C=O) groups is 2. The molecule has 0 aliphatic rings. The first-order chi connectivity index (χ1) is 20.9. The number of hydrogen-bond donors (Lipinski definition) is 1. The van der Waals surface area contributed by atoms with Gasteiger partial charge in [-0.15, -0.1) is 5.10 Å². The molecule has 0 saturated heterocycles. The molecule has 0 atom stereocenters. The van der Waals surface area contributed by atoms with Crippen LogP contribution >= 0.6 is 15.9 Å². The summed E-state index contributed by atoms with van der Waals surface area (Å²) in [6.07, 6.45) is 10.2. The van der Waals surface area contributed by atoms with E-state index in [1.54, 1.807) is 41.6 Å². The third-order valence-electron chi connectivity index (χ3n) is 5.68. The van der Waals surface area contributed by atoms with E-state index in [1.165, 1.54) is 20.4 Å². The standard InChI is InChI=1S/C14H14N4O3.C7H5BrN2.C7H10N2O3/c1-3-21-14(19)12-9-18(16-13(12)20-2)11-5-7-17-10(8-11)4-6-15-17;8-6-2-4-10-7(5-6)1-3-9-10;1-3-12-7(10)5-4-8-9-6(5)11-2/h4-9H,3H2,1-2H3;1-5H;4H,3H2,1-2H3,(H,8,9). The van der Waals surface area contributed by atoms with E-state index in [9.17, 15) is 9.59 Å². The van der Waals surface area contributed by atoms with Crippen LogP contribution in [0.2, 0.25) is 0 Å². The van der Waals surface area contributed by atoms with Crippen molar-refractivity contribution in [2.75, 3.05) is 27.4 Å². The van der Waals surface area contributed by atoms with Gasteiger partial charge in [0.15, 0.2) is 0 Å². The van der Waals surface area contributed by atoms with Crippen LogP contribution in [-0.4, -0.2) is 78.6 Å². The molecule has 0 radical (unpaired) electrons. The Labute approximate surface area is 254 Å². The summed E-state index contributed by atoms with van der Waals surface area (Å²) in [5, 5.41) is 18.6. The third-order valence-corrected chi connectivity index (χ3v) is 6.18. The van der Waals surface area contributed by atoms with E-state index in [4.69, 9.17) is 18.9 Å². The van der Waals surface area contributed by atoms with E-state index >= 15 is 0 Å². The molecular weight excluding hydrogens is 624 g/mol. The van der Waals surface area contributed by atoms with Crippen LogP contribution in [-0.2, 0) is 9.47 Å². The molecule has 224 valence electrons. The molecule has 0 unspecified atom stereocenters. The van der Waals surface area contributed by atoms with E-state index in [1.807, 2.05) is 53.3 Å². The summed E-state index contributed by atoms with van der Waals surface area (Å²) in [5.41, 5.74) is 3.46. The number of pyridine rings is 2. The van der Waals surface area contributed by atoms with E-state index in [2.05, 4.69) is 41.4 Å². The van der Waals surface area contributed by atoms with Gasteiger partial charge in [0, 0.05) is 35.5 Å². The molecule has 1 N–H and O–H groups in total. The highest BCUT2D eigenvalue weighted by Crippen LogP contribution is 2.20. The molecule has 6 heterocycles. The summed E-state index contributed by atoms with van der Waals surface area (Å²) in [6.45, 7) is 4.13. The van der Waals surface area contributed by atoms with Gasteiger partial charge in [0.05, 0.1) is 50.4 Å². The SMILES string of the molecule is Brc1ccn2nccc2c1.CCOC(=O)c1cn(-c2ccn3nccc3c2)nc1OC.CCOC(=O)c1cn[nH]c1OC. The third kappa shape index (κ3) is 7.56. The summed E-state index contributed by atoms with van der Waals surface area (Å²) < 4.78 is 25.9. The Morgan fingerprint density at radius 3 is 2.12 bits per heavy atom. The second-order valence-corrected chi connectivity index (χ2v) is 9.30. The Bertz CT molecular complexity index is 1810. The van der Waals surface area contributed by atoms with Crippen LogP contribution in [0.15, 0.2) is 78.1 Å². The molecule has 0 fully saturated rings. The lowest BCUT2D eigenvalue weighted by molar-refractivity contribution is 0.0512. The minimum Gasteiger partial charge on any atom is -0.481 e. The number of methoxy groups -OCH3 is 2. The number of nitrogens with one attached hydrogen (secondary N) is 1. The largest absolute Gasteiger partial charge is 0.481 e. The number of H-pyrrole nitrogens is 1. The predicted octanol–water partition coefficient (Wildman–Crippen LogP) is 4.40. The second kappa shape index (κ2) is 14.6. The molecule has 14 nitrogen and oxygen atoms in total. The lowest BCUT2D eigenvalue weighted by atomic mass is 10.3. The fraction of sp³-hybridized carbons (Fsp3) is 0.214. The van der Waals surface area contributed by atoms with Crippen LogP contribution in [0, 0.1) is 0 Å². The van der Waals surface area contributed by atoms with E-state index < -0.39 is 11.9 Å². The Hall–Kier alpha value is -5.18. The fourth-order valence-corrected chi connectivity index (χ4v) is 4.07. The molecular formula is C28H29BrN8O6. The summed E-state index contributed by atoms with van der Waals surface area (Å²) in [6, 6.07) is 11.6. The van der Waals surface area contributed by atoms with Gasteiger partial charge in [-0.1, -0.05) is 15.9 Å². The van der Waals surface area contributed by atoms with E-state index in [0.717, 1.165) is 21.2 Å². The van der Waals surface area contributed by atoms with E-state index in [-0.39, 0.29) is 5.88 Å². The van der Waals surface area contributed by atoms with Gasteiger partial charge in [0.1, 0.15) is 11.1 Å². The van der Waals surface area contributed by atoms with Crippen molar-refractivity contribution < 1.29 is 28.5 Å². The van der Waals surface area contributed by atoms with Gasteiger partial charge in [-0.05, 0) is 50.2 Å². The normalized spacial score (nSPS) is 10.3. The van der Waals surface area contributed by atoms with Gasteiger partial charge in [-0.2, -0.15) is 15.3 Å². The summed E-state index contributed by atoms with van der Waals surface area (Å²) >= 11 is 3.38. The van der Waals surface area contributed by atoms with Crippen molar-refractivity contribution in [3.63, 3.8) is 0 Å². The topological polar surface area (TPSA) is 152 Å². The molecule has 6 aromatic heterocycles. The average Bonchev–Trinajstić information content (AvgIpc) is 3.83. The number of nitrogens with zero attached hydrogens (tertiary/aromatic N) is 7. The maximum Gasteiger partial charge on any atom is 0.345 e. The van der Waals surface area contributed by atoms with Gasteiger partial charge >= 0.3 is 11.9 Å². The molecule has 0 saturated carbocycles. The lowest BCUT2D eigenvalue weighted by Crippen LogP contribution is -2.05. The van der Waals surface area contributed by atoms with Crippen molar-refractivity contribution in [2.45, 2.75) is 13.8 Å². The number of fused-ring (bicyclic) bond motifs is 2. The quantitative estimate of drug-likeness (QED) is 0.246. The molecule has 0 spiro atoms. The van der Waals surface area contributed by atoms with Crippen molar-refractivity contribution in [2.24, 2.45) is 0 Å². The zero-order valence-corrected chi connectivity index (χ0v) is 25.4. The zero-order chi connectivity index (χ0) is 30.8. The molecule has 0 aromatic carbocycles. The van der Waals surface area contributed by atoms with Crippen molar-refractivity contribution in [3.05, 3.63) is 89.2 Å². The minimum atomic E-state index is -0.453. The van der Waals surface area contributed by atoms with Gasteiger partial charge in [0.2, 0.25) is 11.8 Å². The highest BCUT2D eigenvalue weighted by atomic mass is 79.9. The maximum atomic E-state index is 11.9. The highest BCUT2D eigenvalue weighted by Gasteiger charge is 2.19. The summed E-state index contributed by atoms with van der Waals surface area (Å²) in [7, 11) is 2.92. The van der Waals surface area contributed by atoms with Gasteiger partial charge in [0.25, 0.3) is 0 Å². The highest BCUT2D eigenvalue weighted by molar-refractivity contribution is 9.10. The first-order valence-electron chi connectivity index (χ1n) is 13.0. The molecule has 6 rings (SSSR count). The number of aromatic nitrogens is 8. The molecule has 43 heavy (non-hydrogen) atoms. The molecule has 6 aromatic rings. The van der Waals surface area contributed by atoms with Crippen LogP contribution in [0.4, 0.5) is 0 Å². The minimum absolute atomic E-state index is 0.238. The van der Waals surface area contributed by atoms with Crippen molar-refractivity contribution >= 4 is 38.9 Å². The molecule has 0 amide bonds. The molecule has 0 aliphatic heterocycles. The number of hydrogen-bond acceptors (Lipinski definition) is 10. The number of ether oxygens (including phenoxy) is 4. The second-order valence-electron chi connectivity index (χ2n) is 8.39. The number of rotatable bonds is 7. The molecule has 0 bridgehead atoms. The Balaban J connectivity index is 0.000000162. The van der Waals surface area contributed by atoms with Crippen LogP contribution in [0.3, 0.4) is 0 Å². The summed E-state index contributed by atoms with van der Waals surface area (Å²) in [4.78, 5) is 23.0. The Kier molecular flexibility index (Phi) is 10.5. The van der Waals surface area contributed by atoms with Crippen molar-refractivity contribution in [3.8, 4) is 17.4 Å². The summed E-state index contributed by atoms with van der Waals surface area (Å²) in [5.74, 6) is -0.315. The van der Waals surface area contributed by atoms with Crippen LogP contribution in [0.5, 0.6) is 11.8 Å². The zero-order valence-electron chi connectivity index (χ0n) is 23.8. The number of carbonyl (C=O) groups excluding carboxylic acids is 2. The first kappa shape index (κ1) is 30.8. The monoisotopic (exact) mass is 652 g/mol. The fourth-order valence-electron chi connectivity index (χ4n) is 3.72. The van der Waals surface area contributed by atoms with E-state index in [0.29, 0.717) is 30.2 Å². The molecule has 0 aliphatic carbocycles. The maximum absolute atomic E-state index is 11.9. The first-order valence-corrected chi connectivity index (χ1v) is 13.8. The van der Waals surface area contributed by atoms with Crippen LogP contribution in [0.25, 0.3) is 16.7 Å². The number of halogens is 1. The number of esters is 2. The molecule has 15 heteroatoms. The number of aromatic amines is 1. The van der Waals surface area contributed by atoms with Gasteiger partial charge < -0.3 is 18.9 Å². The van der Waals surface area contributed by atoms with Crippen molar-refractivity contribution in [1.29, 1.82) is 0 Å². The predicted molar refractivity (Wildman–Crippen MR) is 159 cm³/mol. The lowest BCUT2D eigenvalue weighted by Gasteiger charge is -2.01. The smallest absolute Gasteiger partial charge is 0.345 e. The van der Waals surface area contributed by atoms with Crippen LogP contribution in [0.1, 0.15) is 34.6 Å².